The van der Waals surface area contributed by atoms with Crippen LogP contribution in [0.4, 0.5) is 0 Å². The van der Waals surface area contributed by atoms with Gasteiger partial charge in [0, 0.05) is 0 Å². The van der Waals surface area contributed by atoms with Crippen LogP contribution in [0.3, 0.4) is 0 Å². The van der Waals surface area contributed by atoms with E-state index in [4.69, 9.17) is 14.2 Å². The third-order valence-corrected chi connectivity index (χ3v) is 10.1. The summed E-state index contributed by atoms with van der Waals surface area (Å²) in [5.74, 6) is 0.641. The van der Waals surface area contributed by atoms with Gasteiger partial charge in [-0.15, -0.1) is 10.8 Å². The van der Waals surface area contributed by atoms with Gasteiger partial charge >= 0.3 is 36.8 Å². The van der Waals surface area contributed by atoms with Gasteiger partial charge in [-0.05, 0) is 62.2 Å². The number of hydrogen-bond donors (Lipinski definition) is 0. The van der Waals surface area contributed by atoms with E-state index in [-0.39, 0.29) is 61.1 Å². The SMILES string of the molecule is [CH2-]C1(COC(=O)CCC(=O)OCCC(CCCCC)CCCCC)CC([CH2-])(COC(=O)CC23CCC(CC2)CC3)C1.[Li+]. The first-order valence-electron chi connectivity index (χ1n) is 16.8. The number of hydrogen-bond acceptors (Lipinski definition) is 6. The maximum atomic E-state index is 12.6. The van der Waals surface area contributed by atoms with Crippen LogP contribution in [0.25, 0.3) is 0 Å². The van der Waals surface area contributed by atoms with E-state index in [9.17, 15) is 14.4 Å². The zero-order chi connectivity index (χ0) is 29.8. The first-order valence-corrected chi connectivity index (χ1v) is 16.8. The van der Waals surface area contributed by atoms with Crippen molar-refractivity contribution in [1.82, 2.24) is 0 Å². The van der Waals surface area contributed by atoms with Gasteiger partial charge in [-0.2, -0.15) is 0 Å². The molecule has 236 valence electrons. The molecule has 0 amide bonds. The Bertz CT molecular complexity index is 804. The number of carbonyl (C=O) groups excluding carboxylic acids is 3. The van der Waals surface area contributed by atoms with Crippen molar-refractivity contribution in [2.24, 2.45) is 28.1 Å². The molecule has 0 aromatic heterocycles. The maximum absolute atomic E-state index is 12.6. The van der Waals surface area contributed by atoms with Gasteiger partial charge in [-0.25, -0.2) is 0 Å². The number of carbonyl (C=O) groups is 3. The number of unbranched alkanes of at least 4 members (excludes halogenated alkanes) is 4. The number of ether oxygens (including phenoxy) is 3. The molecule has 0 N–H and O–H groups in total. The molecule has 0 aromatic carbocycles. The van der Waals surface area contributed by atoms with Gasteiger partial charge in [-0.3, -0.25) is 14.4 Å². The molecule has 7 heteroatoms. The van der Waals surface area contributed by atoms with Crippen molar-refractivity contribution in [3.8, 4) is 0 Å². The third-order valence-electron chi connectivity index (χ3n) is 10.1. The standard InChI is InChI=1S/C35H58O6.Li/c1-5-7-9-11-28(12-10-8-6-2)18-22-39-30(36)13-14-31(37)40-26-33(3)24-34(4,25-33)27-41-32(38)23-35-19-15-29(16-20-35)17-21-35;/h28-29H,3-27H2,1-2H3;/q-2;+1. The van der Waals surface area contributed by atoms with E-state index in [2.05, 4.69) is 27.7 Å². The topological polar surface area (TPSA) is 78.9 Å². The normalized spacial score (nSPS) is 28.1. The van der Waals surface area contributed by atoms with Crippen molar-refractivity contribution in [3.05, 3.63) is 13.8 Å². The smallest absolute Gasteiger partial charge is 0.468 e. The van der Waals surface area contributed by atoms with E-state index in [1.165, 1.54) is 70.6 Å². The van der Waals surface area contributed by atoms with Crippen molar-refractivity contribution in [2.75, 3.05) is 19.8 Å². The van der Waals surface area contributed by atoms with Gasteiger partial charge in [-0.1, -0.05) is 78.1 Å². The quantitative estimate of drug-likeness (QED) is 0.0633. The van der Waals surface area contributed by atoms with Gasteiger partial charge in [0.25, 0.3) is 0 Å². The largest absolute Gasteiger partial charge is 1.00 e. The van der Waals surface area contributed by atoms with Crippen molar-refractivity contribution < 1.29 is 47.5 Å². The van der Waals surface area contributed by atoms with E-state index in [0.29, 0.717) is 38.4 Å². The summed E-state index contributed by atoms with van der Waals surface area (Å²) in [4.78, 5) is 37.1. The molecule has 42 heavy (non-hydrogen) atoms. The van der Waals surface area contributed by atoms with Crippen LogP contribution in [0.2, 0.25) is 0 Å². The summed E-state index contributed by atoms with van der Waals surface area (Å²) in [5, 5.41) is 0. The summed E-state index contributed by atoms with van der Waals surface area (Å²) in [5.41, 5.74) is -0.628. The first kappa shape index (κ1) is 37.2. The molecule has 0 heterocycles. The zero-order valence-corrected chi connectivity index (χ0v) is 27.3. The minimum absolute atomic E-state index is 0. The van der Waals surface area contributed by atoms with Gasteiger partial charge in [0.2, 0.25) is 0 Å². The summed E-state index contributed by atoms with van der Waals surface area (Å²) < 4.78 is 16.6. The Morgan fingerprint density at radius 3 is 1.69 bits per heavy atom. The zero-order valence-electron chi connectivity index (χ0n) is 27.3. The third kappa shape index (κ3) is 12.5. The molecule has 2 bridgehead atoms. The maximum Gasteiger partial charge on any atom is 1.00 e. The minimum atomic E-state index is -0.421. The predicted octanol–water partition coefficient (Wildman–Crippen LogP) is 5.36. The Morgan fingerprint density at radius 2 is 1.19 bits per heavy atom. The minimum Gasteiger partial charge on any atom is -0.468 e. The van der Waals surface area contributed by atoms with Crippen LogP contribution in [0.15, 0.2) is 0 Å². The van der Waals surface area contributed by atoms with Crippen LogP contribution in [-0.4, -0.2) is 37.7 Å². The molecular formula is C35H58LiO6-. The van der Waals surface area contributed by atoms with Crippen molar-refractivity contribution >= 4 is 17.9 Å². The second-order valence-electron chi connectivity index (χ2n) is 14.2. The van der Waals surface area contributed by atoms with Gasteiger partial charge < -0.3 is 28.1 Å². The molecule has 4 aliphatic carbocycles. The fourth-order valence-corrected chi connectivity index (χ4v) is 7.66. The molecule has 4 saturated carbocycles. The van der Waals surface area contributed by atoms with E-state index in [0.717, 1.165) is 31.6 Å². The molecule has 0 radical (unpaired) electrons. The average molecular weight is 582 g/mol. The Morgan fingerprint density at radius 1 is 0.714 bits per heavy atom. The van der Waals surface area contributed by atoms with E-state index in [1.54, 1.807) is 0 Å². The molecule has 6 nitrogen and oxygen atoms in total. The Kier molecular flexibility index (Phi) is 16.0. The molecule has 0 atom stereocenters. The second-order valence-corrected chi connectivity index (χ2v) is 14.2. The molecule has 4 aliphatic rings. The van der Waals surface area contributed by atoms with Crippen LogP contribution in [0.5, 0.6) is 0 Å². The van der Waals surface area contributed by atoms with Gasteiger partial charge in [0.05, 0.1) is 39.1 Å². The summed E-state index contributed by atoms with van der Waals surface area (Å²) >= 11 is 0. The second kappa shape index (κ2) is 18.1. The van der Waals surface area contributed by atoms with E-state index < -0.39 is 11.4 Å². The van der Waals surface area contributed by atoms with E-state index in [1.807, 2.05) is 0 Å². The summed E-state index contributed by atoms with van der Waals surface area (Å²) in [6.45, 7) is 13.9. The molecule has 4 rings (SSSR count). The number of esters is 3. The van der Waals surface area contributed by atoms with Crippen molar-refractivity contribution in [1.29, 1.82) is 0 Å². The van der Waals surface area contributed by atoms with Crippen LogP contribution in [-0.2, 0) is 28.6 Å². The molecule has 0 spiro atoms. The predicted molar refractivity (Wildman–Crippen MR) is 162 cm³/mol. The molecule has 4 fully saturated rings. The van der Waals surface area contributed by atoms with Crippen LogP contribution >= 0.6 is 0 Å². The fourth-order valence-electron chi connectivity index (χ4n) is 7.66. The summed E-state index contributed by atoms with van der Waals surface area (Å²) in [6.07, 6.45) is 19.8. The first-order chi connectivity index (χ1) is 19.6. The van der Waals surface area contributed by atoms with Gasteiger partial charge in [0.1, 0.15) is 0 Å². The van der Waals surface area contributed by atoms with Crippen LogP contribution in [0.1, 0.15) is 142 Å². The Hall–Kier alpha value is -0.993. The molecule has 0 aromatic rings. The monoisotopic (exact) mass is 581 g/mol. The summed E-state index contributed by atoms with van der Waals surface area (Å²) in [6, 6.07) is 0. The Balaban J connectivity index is 0.00000616. The van der Waals surface area contributed by atoms with Crippen molar-refractivity contribution in [2.45, 2.75) is 142 Å². The van der Waals surface area contributed by atoms with Gasteiger partial charge in [0.15, 0.2) is 0 Å². The van der Waals surface area contributed by atoms with Crippen LogP contribution < -0.4 is 18.9 Å². The molecule has 0 saturated heterocycles. The Labute approximate surface area is 268 Å². The molecule has 0 aliphatic heterocycles. The average Bonchev–Trinajstić information content (AvgIpc) is 2.94. The number of fused-ring (bicyclic) bond motifs is 3. The number of rotatable bonds is 20. The van der Waals surface area contributed by atoms with E-state index >= 15 is 0 Å². The molecular weight excluding hydrogens is 523 g/mol. The fraction of sp³-hybridized carbons (Fsp3) is 0.857. The summed E-state index contributed by atoms with van der Waals surface area (Å²) in [7, 11) is 0. The van der Waals surface area contributed by atoms with Crippen molar-refractivity contribution in [3.63, 3.8) is 0 Å². The molecule has 0 unspecified atom stereocenters. The van der Waals surface area contributed by atoms with Crippen LogP contribution in [0, 0.1) is 41.9 Å².